The van der Waals surface area contributed by atoms with Crippen LogP contribution in [-0.4, -0.2) is 45.3 Å². The quantitative estimate of drug-likeness (QED) is 0.194. The minimum atomic E-state index is -3.90. The van der Waals surface area contributed by atoms with Crippen LogP contribution in [0.1, 0.15) is 28.7 Å². The van der Waals surface area contributed by atoms with Crippen LogP contribution in [0.15, 0.2) is 108 Å². The summed E-state index contributed by atoms with van der Waals surface area (Å²) in [5.41, 5.74) is 6.14. The highest BCUT2D eigenvalue weighted by Gasteiger charge is 2.27. The van der Waals surface area contributed by atoms with E-state index in [1.165, 1.54) is 17.0 Å². The third kappa shape index (κ3) is 9.77. The van der Waals surface area contributed by atoms with Crippen molar-refractivity contribution in [2.24, 2.45) is 0 Å². The number of hydrogen-bond donors (Lipinski definition) is 2. The van der Waals surface area contributed by atoms with Crippen LogP contribution in [0.5, 0.6) is 11.5 Å². The van der Waals surface area contributed by atoms with Crippen LogP contribution in [0.3, 0.4) is 0 Å². The third-order valence-corrected chi connectivity index (χ3v) is 8.29. The Labute approximate surface area is 258 Å². The van der Waals surface area contributed by atoms with Crippen molar-refractivity contribution in [3.05, 3.63) is 125 Å². The van der Waals surface area contributed by atoms with Gasteiger partial charge in [-0.25, -0.2) is 13.9 Å². The van der Waals surface area contributed by atoms with Gasteiger partial charge in [-0.2, -0.15) is 4.72 Å². The number of likely N-dealkylation sites (N-methyl/N-ethyl adjacent to an activating group) is 1. The van der Waals surface area contributed by atoms with Gasteiger partial charge in [-0.15, -0.1) is 0 Å². The van der Waals surface area contributed by atoms with Gasteiger partial charge in [0.05, 0.1) is 11.5 Å². The normalized spacial score (nSPS) is 11.9. The van der Waals surface area contributed by atoms with Gasteiger partial charge in [-0.05, 0) is 72.9 Å². The maximum absolute atomic E-state index is 13.0. The predicted molar refractivity (Wildman–Crippen MR) is 168 cm³/mol. The number of ether oxygens (including phenoxy) is 1. The molecule has 4 aromatic rings. The van der Waals surface area contributed by atoms with E-state index in [0.29, 0.717) is 24.5 Å². The average Bonchev–Trinajstić information content (AvgIpc) is 3.01. The topological polar surface area (TPSA) is 114 Å². The highest BCUT2D eigenvalue weighted by atomic mass is 32.2. The Morgan fingerprint density at radius 1 is 0.773 bits per heavy atom. The van der Waals surface area contributed by atoms with E-state index in [1.807, 2.05) is 61.5 Å². The summed E-state index contributed by atoms with van der Waals surface area (Å²) < 4.78 is 34.5. The van der Waals surface area contributed by atoms with E-state index in [2.05, 4.69) is 10.2 Å². The zero-order chi connectivity index (χ0) is 31.5. The summed E-state index contributed by atoms with van der Waals surface area (Å²) in [6.07, 6.45) is 1.01. The van der Waals surface area contributed by atoms with Crippen LogP contribution in [0.2, 0.25) is 0 Å². The third-order valence-electron chi connectivity index (χ3n) is 6.80. The zero-order valence-corrected chi connectivity index (χ0v) is 25.8. The molecular weight excluding hydrogens is 578 g/mol. The van der Waals surface area contributed by atoms with Crippen molar-refractivity contribution in [1.82, 2.24) is 15.1 Å². The number of hydrogen-bond acceptors (Lipinski definition) is 6. The van der Waals surface area contributed by atoms with Crippen molar-refractivity contribution >= 4 is 21.8 Å². The highest BCUT2D eigenvalue weighted by molar-refractivity contribution is 7.89. The number of benzene rings is 4. The van der Waals surface area contributed by atoms with E-state index in [0.717, 1.165) is 22.3 Å². The minimum absolute atomic E-state index is 0.102. The molecule has 0 aliphatic heterocycles. The lowest BCUT2D eigenvalue weighted by Gasteiger charge is -2.22. The Bertz CT molecular complexity index is 1620. The molecule has 0 aromatic heterocycles. The first kappa shape index (κ1) is 32.4. The molecule has 4 aromatic carbocycles. The van der Waals surface area contributed by atoms with E-state index in [9.17, 15) is 18.0 Å². The van der Waals surface area contributed by atoms with Gasteiger partial charge >= 0.3 is 0 Å². The maximum Gasteiger partial charge on any atom is 0.243 e. The van der Waals surface area contributed by atoms with Gasteiger partial charge in [0.15, 0.2) is 0 Å². The number of nitrogens with one attached hydrogen (secondary N) is 2. The van der Waals surface area contributed by atoms with Crippen molar-refractivity contribution in [1.29, 1.82) is 0 Å². The van der Waals surface area contributed by atoms with Crippen LogP contribution >= 0.6 is 0 Å². The molecular formula is C34H37N3O6S. The lowest BCUT2D eigenvalue weighted by atomic mass is 10.1. The molecule has 1 atom stereocenters. The number of nitrogens with zero attached hydrogens (tertiary/aromatic N) is 1. The second kappa shape index (κ2) is 15.3. The summed E-state index contributed by atoms with van der Waals surface area (Å²) >= 11 is 0. The number of sulfonamides is 1. The molecule has 2 amide bonds. The van der Waals surface area contributed by atoms with Gasteiger partial charge in [0.25, 0.3) is 0 Å². The van der Waals surface area contributed by atoms with Gasteiger partial charge in [-0.3, -0.25) is 14.4 Å². The molecule has 2 N–H and O–H groups in total. The first-order valence-corrected chi connectivity index (χ1v) is 15.7. The van der Waals surface area contributed by atoms with Crippen molar-refractivity contribution in [3.63, 3.8) is 0 Å². The fourth-order valence-electron chi connectivity index (χ4n) is 4.34. The highest BCUT2D eigenvalue weighted by Crippen LogP contribution is 2.23. The first-order valence-electron chi connectivity index (χ1n) is 14.2. The fraction of sp³-hybridized carbons (Fsp3) is 0.235. The minimum Gasteiger partial charge on any atom is -0.457 e. The molecule has 0 radical (unpaired) electrons. The molecule has 0 heterocycles. The van der Waals surface area contributed by atoms with E-state index < -0.39 is 16.1 Å². The molecule has 10 heteroatoms. The molecule has 0 aliphatic rings. The summed E-state index contributed by atoms with van der Waals surface area (Å²) in [5, 5.41) is 0. The monoisotopic (exact) mass is 615 g/mol. The summed E-state index contributed by atoms with van der Waals surface area (Å²) in [6, 6.07) is 29.7. The molecule has 0 aliphatic carbocycles. The van der Waals surface area contributed by atoms with E-state index in [1.54, 1.807) is 50.5 Å². The SMILES string of the molecule is Cc1ccc(S(=O)(=O)NC(Cc2ccc(Oc3ccc(CCC(=O)NOCc4ccccc4)cc3)cc2)C(=O)N(C)C)cc1. The number of carbonyl (C=O) groups excluding carboxylic acids is 2. The second-order valence-electron chi connectivity index (χ2n) is 10.6. The van der Waals surface area contributed by atoms with Crippen LogP contribution in [0.25, 0.3) is 0 Å². The summed E-state index contributed by atoms with van der Waals surface area (Å²) in [5.74, 6) is 0.674. The Morgan fingerprint density at radius 3 is 1.95 bits per heavy atom. The molecule has 44 heavy (non-hydrogen) atoms. The number of carbonyl (C=O) groups is 2. The Morgan fingerprint density at radius 2 is 1.36 bits per heavy atom. The Balaban J connectivity index is 1.28. The molecule has 4 rings (SSSR count). The number of rotatable bonds is 14. The van der Waals surface area contributed by atoms with Crippen molar-refractivity contribution < 1.29 is 27.6 Å². The summed E-state index contributed by atoms with van der Waals surface area (Å²) in [4.78, 5) is 31.7. The second-order valence-corrected chi connectivity index (χ2v) is 12.3. The predicted octanol–water partition coefficient (Wildman–Crippen LogP) is 4.95. The fourth-order valence-corrected chi connectivity index (χ4v) is 5.53. The molecule has 0 bridgehead atoms. The molecule has 9 nitrogen and oxygen atoms in total. The number of aryl methyl sites for hydroxylation is 2. The Hall–Kier alpha value is -4.51. The number of amides is 2. The molecule has 0 saturated carbocycles. The summed E-state index contributed by atoms with van der Waals surface area (Å²) in [6.45, 7) is 2.18. The molecule has 0 fully saturated rings. The van der Waals surface area contributed by atoms with Gasteiger partial charge < -0.3 is 9.64 Å². The molecule has 0 saturated heterocycles. The maximum atomic E-state index is 13.0. The van der Waals surface area contributed by atoms with Gasteiger partial charge in [0.1, 0.15) is 17.5 Å². The molecule has 230 valence electrons. The van der Waals surface area contributed by atoms with Crippen LogP contribution in [-0.2, 0) is 43.9 Å². The lowest BCUT2D eigenvalue weighted by molar-refractivity contribution is -0.134. The van der Waals surface area contributed by atoms with Crippen molar-refractivity contribution in [2.75, 3.05) is 14.1 Å². The van der Waals surface area contributed by atoms with Gasteiger partial charge in [0, 0.05) is 20.5 Å². The molecule has 0 spiro atoms. The van der Waals surface area contributed by atoms with Crippen LogP contribution in [0, 0.1) is 6.92 Å². The average molecular weight is 616 g/mol. The van der Waals surface area contributed by atoms with Gasteiger partial charge in [-0.1, -0.05) is 72.3 Å². The lowest BCUT2D eigenvalue weighted by Crippen LogP contribution is -2.47. The van der Waals surface area contributed by atoms with Crippen LogP contribution in [0.4, 0.5) is 0 Å². The van der Waals surface area contributed by atoms with Crippen LogP contribution < -0.4 is 14.9 Å². The van der Waals surface area contributed by atoms with Crippen molar-refractivity contribution in [3.8, 4) is 11.5 Å². The van der Waals surface area contributed by atoms with E-state index in [4.69, 9.17) is 9.57 Å². The largest absolute Gasteiger partial charge is 0.457 e. The van der Waals surface area contributed by atoms with Gasteiger partial charge in [0.2, 0.25) is 21.8 Å². The summed E-state index contributed by atoms with van der Waals surface area (Å²) in [7, 11) is -0.719. The first-order chi connectivity index (χ1) is 21.1. The van der Waals surface area contributed by atoms with E-state index >= 15 is 0 Å². The standard InChI is InChI=1S/C34H37N3O6S/c1-25-9-20-31(21-10-25)44(40,41)36-32(34(39)37(2)3)23-27-13-18-30(19-14-27)43-29-16-11-26(12-17-29)15-22-33(38)35-42-24-28-7-5-4-6-8-28/h4-14,16-21,32,36H,15,22-24H2,1-3H3,(H,35,38). The van der Waals surface area contributed by atoms with Crippen molar-refractivity contribution in [2.45, 2.75) is 43.7 Å². The smallest absolute Gasteiger partial charge is 0.243 e. The zero-order valence-electron chi connectivity index (χ0n) is 25.0. The molecule has 1 unspecified atom stereocenters. The number of hydroxylamine groups is 1. The Kier molecular flexibility index (Phi) is 11.3. The van der Waals surface area contributed by atoms with E-state index in [-0.39, 0.29) is 29.6 Å².